The van der Waals surface area contributed by atoms with Crippen molar-refractivity contribution < 1.29 is 9.53 Å². The average molecular weight is 356 g/mol. The van der Waals surface area contributed by atoms with Crippen molar-refractivity contribution in [2.75, 3.05) is 6.61 Å². The number of benzene rings is 1. The van der Waals surface area contributed by atoms with Crippen LogP contribution in [0, 0.1) is 0 Å². The molecule has 5 nitrogen and oxygen atoms in total. The zero-order valence-corrected chi connectivity index (χ0v) is 16.3. The summed E-state index contributed by atoms with van der Waals surface area (Å²) in [5.41, 5.74) is 2.69. The molecule has 0 aliphatic rings. The van der Waals surface area contributed by atoms with Crippen LogP contribution in [-0.4, -0.2) is 22.4 Å². The molecule has 0 spiro atoms. The maximum atomic E-state index is 12.9. The third-order valence-corrected chi connectivity index (χ3v) is 4.40. The molecular formula is C21H28N2O3. The van der Waals surface area contributed by atoms with E-state index in [-0.39, 0.29) is 17.6 Å². The number of hydrogen-bond donors (Lipinski definition) is 0. The van der Waals surface area contributed by atoms with Gasteiger partial charge in [0.05, 0.1) is 6.61 Å². The number of rotatable bonds is 6. The van der Waals surface area contributed by atoms with E-state index in [2.05, 4.69) is 31.9 Å². The summed E-state index contributed by atoms with van der Waals surface area (Å²) in [5, 5.41) is 4.13. The van der Waals surface area contributed by atoms with Crippen molar-refractivity contribution in [3.63, 3.8) is 0 Å². The summed E-state index contributed by atoms with van der Waals surface area (Å²) in [6.45, 7) is 10.3. The average Bonchev–Trinajstić information content (AvgIpc) is 2.58. The number of esters is 1. The van der Waals surface area contributed by atoms with Crippen LogP contribution in [0.5, 0.6) is 0 Å². The molecule has 1 aromatic carbocycles. The standard InChI is InChI=1S/C21H28N2O3/c1-6-18(20(25)26-7-2)23-19(24)16(12-13-22-23)14-15-10-8-9-11-17(15)21(3,4)5/h8-13,18H,6-7,14H2,1-5H3. The van der Waals surface area contributed by atoms with Gasteiger partial charge >= 0.3 is 5.97 Å². The molecule has 1 unspecified atom stereocenters. The van der Waals surface area contributed by atoms with Gasteiger partial charge in [-0.3, -0.25) is 4.79 Å². The van der Waals surface area contributed by atoms with E-state index in [9.17, 15) is 9.59 Å². The Kier molecular flexibility index (Phi) is 6.35. The first-order valence-corrected chi connectivity index (χ1v) is 9.11. The second-order valence-corrected chi connectivity index (χ2v) is 7.37. The van der Waals surface area contributed by atoms with Crippen LogP contribution in [0.2, 0.25) is 0 Å². The van der Waals surface area contributed by atoms with Gasteiger partial charge in [-0.15, -0.1) is 0 Å². The van der Waals surface area contributed by atoms with Crippen molar-refractivity contribution in [3.05, 3.63) is 63.6 Å². The summed E-state index contributed by atoms with van der Waals surface area (Å²) in [7, 11) is 0. The van der Waals surface area contributed by atoms with Crippen molar-refractivity contribution in [1.29, 1.82) is 0 Å². The van der Waals surface area contributed by atoms with Crippen LogP contribution in [0.15, 0.2) is 41.3 Å². The maximum Gasteiger partial charge on any atom is 0.331 e. The van der Waals surface area contributed by atoms with E-state index in [1.165, 1.54) is 10.2 Å². The predicted molar refractivity (Wildman–Crippen MR) is 102 cm³/mol. The molecule has 0 aliphatic heterocycles. The SMILES string of the molecule is CCOC(=O)C(CC)n1nccc(Cc2ccccc2C(C)(C)C)c1=O. The predicted octanol–water partition coefficient (Wildman–Crippen LogP) is 3.65. The number of aromatic nitrogens is 2. The van der Waals surface area contributed by atoms with Crippen molar-refractivity contribution in [1.82, 2.24) is 9.78 Å². The van der Waals surface area contributed by atoms with Crippen molar-refractivity contribution >= 4 is 5.97 Å². The van der Waals surface area contributed by atoms with E-state index in [0.717, 1.165) is 5.56 Å². The molecule has 0 N–H and O–H groups in total. The van der Waals surface area contributed by atoms with Crippen LogP contribution >= 0.6 is 0 Å². The second kappa shape index (κ2) is 8.30. The molecule has 0 radical (unpaired) electrons. The quantitative estimate of drug-likeness (QED) is 0.741. The van der Waals surface area contributed by atoms with Crippen LogP contribution in [0.4, 0.5) is 0 Å². The van der Waals surface area contributed by atoms with Crippen LogP contribution in [0.25, 0.3) is 0 Å². The molecule has 1 heterocycles. The molecule has 2 rings (SSSR count). The van der Waals surface area contributed by atoms with Gasteiger partial charge < -0.3 is 4.74 Å². The monoisotopic (exact) mass is 356 g/mol. The normalized spacial score (nSPS) is 12.7. The fourth-order valence-corrected chi connectivity index (χ4v) is 3.11. The Labute approximate surface area is 155 Å². The third kappa shape index (κ3) is 4.40. The largest absolute Gasteiger partial charge is 0.464 e. The van der Waals surface area contributed by atoms with Crippen LogP contribution in [0.1, 0.15) is 63.8 Å². The van der Waals surface area contributed by atoms with E-state index in [1.54, 1.807) is 19.2 Å². The van der Waals surface area contributed by atoms with E-state index >= 15 is 0 Å². The summed E-state index contributed by atoms with van der Waals surface area (Å²) >= 11 is 0. The molecule has 140 valence electrons. The molecule has 0 amide bonds. The van der Waals surface area contributed by atoms with Gasteiger partial charge in [-0.2, -0.15) is 5.10 Å². The Hall–Kier alpha value is -2.43. The molecule has 5 heteroatoms. The first-order chi connectivity index (χ1) is 12.3. The van der Waals surface area contributed by atoms with E-state index in [4.69, 9.17) is 4.74 Å². The highest BCUT2D eigenvalue weighted by Crippen LogP contribution is 2.26. The van der Waals surface area contributed by atoms with Crippen LogP contribution in [-0.2, 0) is 21.4 Å². The summed E-state index contributed by atoms with van der Waals surface area (Å²) in [6, 6.07) is 9.19. The van der Waals surface area contributed by atoms with Crippen LogP contribution in [0.3, 0.4) is 0 Å². The molecule has 26 heavy (non-hydrogen) atoms. The number of ether oxygens (including phenoxy) is 1. The van der Waals surface area contributed by atoms with Gasteiger partial charge in [-0.05, 0) is 36.0 Å². The lowest BCUT2D eigenvalue weighted by Crippen LogP contribution is -2.34. The fraction of sp³-hybridized carbons (Fsp3) is 0.476. The Morgan fingerprint density at radius 1 is 1.15 bits per heavy atom. The van der Waals surface area contributed by atoms with Gasteiger partial charge in [0.2, 0.25) is 0 Å². The summed E-state index contributed by atoms with van der Waals surface area (Å²) in [5.74, 6) is -0.420. The van der Waals surface area contributed by atoms with Gasteiger partial charge in [0.1, 0.15) is 0 Å². The molecule has 0 saturated carbocycles. The molecule has 0 aliphatic carbocycles. The lowest BCUT2D eigenvalue weighted by atomic mass is 9.82. The Balaban J connectivity index is 2.42. The molecule has 0 fully saturated rings. The van der Waals surface area contributed by atoms with Gasteiger partial charge in [-0.1, -0.05) is 52.0 Å². The fourth-order valence-electron chi connectivity index (χ4n) is 3.11. The number of carbonyl (C=O) groups is 1. The lowest BCUT2D eigenvalue weighted by Gasteiger charge is -2.23. The molecule has 2 aromatic rings. The molecule has 1 aromatic heterocycles. The Bertz CT molecular complexity index is 818. The topological polar surface area (TPSA) is 61.2 Å². The molecule has 0 bridgehead atoms. The minimum absolute atomic E-state index is 0.0144. The smallest absolute Gasteiger partial charge is 0.331 e. The van der Waals surface area contributed by atoms with Crippen molar-refractivity contribution in [2.24, 2.45) is 0 Å². The van der Waals surface area contributed by atoms with Crippen molar-refractivity contribution in [3.8, 4) is 0 Å². The Morgan fingerprint density at radius 2 is 1.85 bits per heavy atom. The zero-order chi connectivity index (χ0) is 19.3. The molecule has 0 saturated heterocycles. The van der Waals surface area contributed by atoms with Gasteiger partial charge in [0, 0.05) is 18.2 Å². The number of nitrogens with zero attached hydrogens (tertiary/aromatic N) is 2. The van der Waals surface area contributed by atoms with Gasteiger partial charge in [0.15, 0.2) is 6.04 Å². The van der Waals surface area contributed by atoms with E-state index < -0.39 is 12.0 Å². The first-order valence-electron chi connectivity index (χ1n) is 9.11. The molecule has 1 atom stereocenters. The second-order valence-electron chi connectivity index (χ2n) is 7.37. The van der Waals surface area contributed by atoms with E-state index in [1.807, 2.05) is 25.1 Å². The molecular weight excluding hydrogens is 328 g/mol. The minimum Gasteiger partial charge on any atom is -0.464 e. The van der Waals surface area contributed by atoms with Gasteiger partial charge in [-0.25, -0.2) is 9.48 Å². The number of hydrogen-bond acceptors (Lipinski definition) is 4. The third-order valence-electron chi connectivity index (χ3n) is 4.40. The summed E-state index contributed by atoms with van der Waals surface area (Å²) in [4.78, 5) is 25.1. The first kappa shape index (κ1) is 19.9. The highest BCUT2D eigenvalue weighted by molar-refractivity contribution is 5.74. The Morgan fingerprint density at radius 3 is 2.46 bits per heavy atom. The van der Waals surface area contributed by atoms with Crippen LogP contribution < -0.4 is 5.56 Å². The summed E-state index contributed by atoms with van der Waals surface area (Å²) < 4.78 is 6.34. The minimum atomic E-state index is -0.694. The number of carbonyl (C=O) groups excluding carboxylic acids is 1. The lowest BCUT2D eigenvalue weighted by molar-refractivity contribution is -0.147. The zero-order valence-electron chi connectivity index (χ0n) is 16.3. The van der Waals surface area contributed by atoms with Gasteiger partial charge in [0.25, 0.3) is 5.56 Å². The van der Waals surface area contributed by atoms with Crippen molar-refractivity contribution in [2.45, 2.75) is 58.9 Å². The van der Waals surface area contributed by atoms with E-state index in [0.29, 0.717) is 18.4 Å². The highest BCUT2D eigenvalue weighted by Gasteiger charge is 2.24. The maximum absolute atomic E-state index is 12.9. The highest BCUT2D eigenvalue weighted by atomic mass is 16.5. The summed E-state index contributed by atoms with van der Waals surface area (Å²) in [6.07, 6.45) is 2.54.